The highest BCUT2D eigenvalue weighted by atomic mass is 16.2. The van der Waals surface area contributed by atoms with Crippen LogP contribution in [0.5, 0.6) is 0 Å². The van der Waals surface area contributed by atoms with Crippen molar-refractivity contribution in [2.75, 3.05) is 13.1 Å². The third-order valence-electron chi connectivity index (χ3n) is 5.67. The zero-order valence-electron chi connectivity index (χ0n) is 13.7. The van der Waals surface area contributed by atoms with Crippen molar-refractivity contribution < 1.29 is 4.79 Å². The first-order valence-electron chi connectivity index (χ1n) is 8.50. The van der Waals surface area contributed by atoms with E-state index in [9.17, 15) is 4.79 Å². The summed E-state index contributed by atoms with van der Waals surface area (Å²) < 4.78 is 1.69. The highest BCUT2D eigenvalue weighted by Gasteiger charge is 2.38. The standard InChI is InChI=1S/C19H23N3O/c1-21-14-17(13-20-21)18(23)22-10-8-19(9-11-22)7-6-15-4-2-3-5-16(15)12-19/h2-5,13-14H,6-12H2,1H3. The lowest BCUT2D eigenvalue weighted by molar-refractivity contribution is 0.0544. The number of likely N-dealkylation sites (tertiary alicyclic amines) is 1. The number of hydrogen-bond acceptors (Lipinski definition) is 2. The Labute approximate surface area is 137 Å². The topological polar surface area (TPSA) is 38.1 Å². The average molecular weight is 309 g/mol. The van der Waals surface area contributed by atoms with Crippen LogP contribution in [-0.2, 0) is 19.9 Å². The van der Waals surface area contributed by atoms with E-state index in [4.69, 9.17) is 0 Å². The van der Waals surface area contributed by atoms with Gasteiger partial charge in [0.15, 0.2) is 0 Å². The minimum absolute atomic E-state index is 0.129. The van der Waals surface area contributed by atoms with Crippen LogP contribution < -0.4 is 0 Å². The smallest absolute Gasteiger partial charge is 0.257 e. The van der Waals surface area contributed by atoms with Crippen LogP contribution in [0.3, 0.4) is 0 Å². The first-order valence-corrected chi connectivity index (χ1v) is 8.50. The molecule has 2 aliphatic rings. The van der Waals surface area contributed by atoms with Crippen LogP contribution in [0.15, 0.2) is 36.7 Å². The Morgan fingerprint density at radius 3 is 2.57 bits per heavy atom. The number of piperidine rings is 1. The Hall–Kier alpha value is -2.10. The summed E-state index contributed by atoms with van der Waals surface area (Å²) in [6.45, 7) is 1.74. The highest BCUT2D eigenvalue weighted by Crippen LogP contribution is 2.43. The van der Waals surface area contributed by atoms with E-state index in [0.717, 1.165) is 25.9 Å². The van der Waals surface area contributed by atoms with E-state index in [-0.39, 0.29) is 5.91 Å². The lowest BCUT2D eigenvalue weighted by atomic mass is 9.66. The molecule has 23 heavy (non-hydrogen) atoms. The molecule has 1 spiro atoms. The molecule has 120 valence electrons. The van der Waals surface area contributed by atoms with Crippen LogP contribution in [0.4, 0.5) is 0 Å². The zero-order valence-corrected chi connectivity index (χ0v) is 13.7. The number of nitrogens with zero attached hydrogens (tertiary/aromatic N) is 3. The van der Waals surface area contributed by atoms with Crippen molar-refractivity contribution in [1.29, 1.82) is 0 Å². The summed E-state index contributed by atoms with van der Waals surface area (Å²) in [6.07, 6.45) is 9.34. The van der Waals surface area contributed by atoms with Gasteiger partial charge in [-0.05, 0) is 48.6 Å². The molecule has 0 saturated carbocycles. The van der Waals surface area contributed by atoms with Gasteiger partial charge in [0, 0.05) is 26.3 Å². The van der Waals surface area contributed by atoms with E-state index in [2.05, 4.69) is 29.4 Å². The van der Waals surface area contributed by atoms with Gasteiger partial charge >= 0.3 is 0 Å². The third-order valence-corrected chi connectivity index (χ3v) is 5.67. The number of carbonyl (C=O) groups is 1. The van der Waals surface area contributed by atoms with Gasteiger partial charge in [0.2, 0.25) is 0 Å². The van der Waals surface area contributed by atoms with Gasteiger partial charge < -0.3 is 4.90 Å². The van der Waals surface area contributed by atoms with Gasteiger partial charge in [-0.15, -0.1) is 0 Å². The second kappa shape index (κ2) is 5.52. The van der Waals surface area contributed by atoms with E-state index in [1.807, 2.05) is 18.1 Å². The third kappa shape index (κ3) is 2.67. The fourth-order valence-corrected chi connectivity index (χ4v) is 4.19. The van der Waals surface area contributed by atoms with E-state index >= 15 is 0 Å². The maximum atomic E-state index is 12.6. The van der Waals surface area contributed by atoms with Crippen molar-refractivity contribution in [1.82, 2.24) is 14.7 Å². The second-order valence-electron chi connectivity index (χ2n) is 7.14. The molecule has 1 aliphatic carbocycles. The highest BCUT2D eigenvalue weighted by molar-refractivity contribution is 5.93. The molecule has 0 atom stereocenters. The predicted octanol–water partition coefficient (Wildman–Crippen LogP) is 2.83. The Bertz CT molecular complexity index is 726. The van der Waals surface area contributed by atoms with Crippen molar-refractivity contribution >= 4 is 5.91 Å². The number of benzene rings is 1. The molecular formula is C19H23N3O. The van der Waals surface area contributed by atoms with Crippen molar-refractivity contribution in [2.24, 2.45) is 12.5 Å². The molecule has 2 heterocycles. The average Bonchev–Trinajstić information content (AvgIpc) is 3.01. The summed E-state index contributed by atoms with van der Waals surface area (Å²) in [5.74, 6) is 0.129. The quantitative estimate of drug-likeness (QED) is 0.812. The molecule has 1 aromatic carbocycles. The Balaban J connectivity index is 1.44. The summed E-state index contributed by atoms with van der Waals surface area (Å²) in [6, 6.07) is 8.84. The van der Waals surface area contributed by atoms with E-state index in [1.165, 1.54) is 30.4 Å². The summed E-state index contributed by atoms with van der Waals surface area (Å²) >= 11 is 0. The first kappa shape index (κ1) is 14.5. The lowest BCUT2D eigenvalue weighted by Gasteiger charge is -2.44. The Morgan fingerprint density at radius 1 is 1.13 bits per heavy atom. The van der Waals surface area contributed by atoms with Crippen LogP contribution in [-0.4, -0.2) is 33.7 Å². The van der Waals surface area contributed by atoms with Gasteiger partial charge in [0.1, 0.15) is 0 Å². The molecule has 0 radical (unpaired) electrons. The van der Waals surface area contributed by atoms with Gasteiger partial charge in [0.25, 0.3) is 5.91 Å². The van der Waals surface area contributed by atoms with Crippen LogP contribution in [0, 0.1) is 5.41 Å². The molecule has 0 unspecified atom stereocenters. The van der Waals surface area contributed by atoms with Gasteiger partial charge in [-0.2, -0.15) is 5.10 Å². The molecule has 2 aromatic rings. The van der Waals surface area contributed by atoms with Crippen LogP contribution in [0.1, 0.15) is 40.7 Å². The SMILES string of the molecule is Cn1cc(C(=O)N2CCC3(CCc4ccccc4C3)CC2)cn1. The summed E-state index contributed by atoms with van der Waals surface area (Å²) in [7, 11) is 1.85. The van der Waals surface area contributed by atoms with Crippen molar-refractivity contribution in [3.8, 4) is 0 Å². The molecular weight excluding hydrogens is 286 g/mol. The first-order chi connectivity index (χ1) is 11.2. The minimum atomic E-state index is 0.129. The van der Waals surface area contributed by atoms with Gasteiger partial charge in [-0.1, -0.05) is 24.3 Å². The predicted molar refractivity (Wildman–Crippen MR) is 89.2 cm³/mol. The summed E-state index contributed by atoms with van der Waals surface area (Å²) in [4.78, 5) is 14.6. The maximum absolute atomic E-state index is 12.6. The number of aromatic nitrogens is 2. The largest absolute Gasteiger partial charge is 0.339 e. The number of fused-ring (bicyclic) bond motifs is 1. The second-order valence-corrected chi connectivity index (χ2v) is 7.14. The van der Waals surface area contributed by atoms with Crippen LogP contribution in [0.25, 0.3) is 0 Å². The molecule has 4 rings (SSSR count). The number of carbonyl (C=O) groups excluding carboxylic acids is 1. The van der Waals surface area contributed by atoms with Gasteiger partial charge in [-0.25, -0.2) is 0 Å². The Morgan fingerprint density at radius 2 is 1.87 bits per heavy atom. The molecule has 1 fully saturated rings. The number of aryl methyl sites for hydroxylation is 2. The van der Waals surface area contributed by atoms with E-state index in [0.29, 0.717) is 11.0 Å². The maximum Gasteiger partial charge on any atom is 0.257 e. The fraction of sp³-hybridized carbons (Fsp3) is 0.474. The zero-order chi connectivity index (χ0) is 15.9. The number of hydrogen-bond donors (Lipinski definition) is 0. The van der Waals surface area contributed by atoms with Crippen LogP contribution in [0.2, 0.25) is 0 Å². The van der Waals surface area contributed by atoms with Crippen molar-refractivity contribution in [3.63, 3.8) is 0 Å². The number of rotatable bonds is 1. The van der Waals surface area contributed by atoms with E-state index in [1.54, 1.807) is 10.9 Å². The van der Waals surface area contributed by atoms with Gasteiger partial charge in [-0.3, -0.25) is 9.48 Å². The molecule has 4 heteroatoms. The molecule has 4 nitrogen and oxygen atoms in total. The monoisotopic (exact) mass is 309 g/mol. The molecule has 1 aliphatic heterocycles. The molecule has 0 N–H and O–H groups in total. The lowest BCUT2D eigenvalue weighted by Crippen LogP contribution is -2.45. The van der Waals surface area contributed by atoms with Crippen molar-refractivity contribution in [3.05, 3.63) is 53.3 Å². The number of amides is 1. The van der Waals surface area contributed by atoms with Crippen molar-refractivity contribution in [2.45, 2.75) is 32.1 Å². The molecule has 1 aromatic heterocycles. The van der Waals surface area contributed by atoms with E-state index < -0.39 is 0 Å². The summed E-state index contributed by atoms with van der Waals surface area (Å²) in [5, 5.41) is 4.11. The molecule has 1 amide bonds. The van der Waals surface area contributed by atoms with Crippen LogP contribution >= 0.6 is 0 Å². The van der Waals surface area contributed by atoms with Gasteiger partial charge in [0.05, 0.1) is 11.8 Å². The normalized spacial score (nSPS) is 19.6. The minimum Gasteiger partial charge on any atom is -0.339 e. The summed E-state index contributed by atoms with van der Waals surface area (Å²) in [5.41, 5.74) is 4.15. The fourth-order valence-electron chi connectivity index (χ4n) is 4.19. The molecule has 1 saturated heterocycles. The Kier molecular flexibility index (Phi) is 3.47. The molecule has 0 bridgehead atoms.